The minimum atomic E-state index is -3.91. The summed E-state index contributed by atoms with van der Waals surface area (Å²) < 4.78 is 27.1. The Balaban J connectivity index is 2.05. The number of carboxylic acid groups (broad SMARTS) is 1. The van der Waals surface area contributed by atoms with E-state index < -0.39 is 28.0 Å². The first kappa shape index (κ1) is 15.3. The van der Waals surface area contributed by atoms with Gasteiger partial charge in [-0.1, -0.05) is 11.6 Å². The Morgan fingerprint density at radius 1 is 1.41 bits per heavy atom. The SMILES string of the molecule is N#Cc1cc(Cl)ccc1S(=O)(=O)N1C2CCC1C(C(=O)O)C2. The van der Waals surface area contributed by atoms with Gasteiger partial charge in [-0.15, -0.1) is 0 Å². The van der Waals surface area contributed by atoms with E-state index in [2.05, 4.69) is 0 Å². The van der Waals surface area contributed by atoms with Gasteiger partial charge in [0, 0.05) is 17.1 Å². The molecule has 1 N–H and O–H groups in total. The first-order valence-electron chi connectivity index (χ1n) is 6.82. The molecule has 2 aliphatic rings. The molecule has 0 amide bonds. The molecule has 0 saturated carbocycles. The molecule has 8 heteroatoms. The molecular formula is C14H13ClN2O4S. The zero-order chi connectivity index (χ0) is 16.1. The standard InChI is InChI=1S/C14H13ClN2O4S/c15-9-1-4-13(8(5-9)7-16)22(20,21)17-10-2-3-12(17)11(6-10)14(18)19/h1,4-5,10-12H,2-3,6H2,(H,18,19). The van der Waals surface area contributed by atoms with E-state index in [1.807, 2.05) is 6.07 Å². The monoisotopic (exact) mass is 340 g/mol. The molecule has 2 fully saturated rings. The van der Waals surface area contributed by atoms with Crippen LogP contribution in [0.5, 0.6) is 0 Å². The maximum atomic E-state index is 12.9. The molecular weight excluding hydrogens is 328 g/mol. The Kier molecular flexibility index (Phi) is 3.63. The highest BCUT2D eigenvalue weighted by atomic mass is 35.5. The van der Waals surface area contributed by atoms with Crippen molar-refractivity contribution in [1.82, 2.24) is 4.31 Å². The second-order valence-electron chi connectivity index (χ2n) is 5.57. The molecule has 3 unspecified atom stereocenters. The number of aliphatic carboxylic acids is 1. The Hall–Kier alpha value is -1.62. The normalized spacial score (nSPS) is 27.7. The average Bonchev–Trinajstić information content (AvgIpc) is 3.05. The van der Waals surface area contributed by atoms with Gasteiger partial charge in [-0.05, 0) is 37.5 Å². The van der Waals surface area contributed by atoms with Crippen LogP contribution in [0.2, 0.25) is 5.02 Å². The topological polar surface area (TPSA) is 98.5 Å². The van der Waals surface area contributed by atoms with Gasteiger partial charge in [0.15, 0.2) is 0 Å². The summed E-state index contributed by atoms with van der Waals surface area (Å²) in [5.74, 6) is -1.64. The molecule has 2 heterocycles. The quantitative estimate of drug-likeness (QED) is 0.905. The van der Waals surface area contributed by atoms with Crippen LogP contribution in [0.3, 0.4) is 0 Å². The van der Waals surface area contributed by atoms with Crippen LogP contribution in [0.4, 0.5) is 0 Å². The highest BCUT2D eigenvalue weighted by Crippen LogP contribution is 2.45. The lowest BCUT2D eigenvalue weighted by Crippen LogP contribution is -2.38. The zero-order valence-corrected chi connectivity index (χ0v) is 13.0. The largest absolute Gasteiger partial charge is 0.481 e. The lowest BCUT2D eigenvalue weighted by atomic mass is 9.89. The lowest BCUT2D eigenvalue weighted by Gasteiger charge is -2.23. The number of sulfonamides is 1. The van der Waals surface area contributed by atoms with Crippen LogP contribution in [-0.2, 0) is 14.8 Å². The Morgan fingerprint density at radius 2 is 2.14 bits per heavy atom. The van der Waals surface area contributed by atoms with E-state index in [0.29, 0.717) is 19.3 Å². The molecule has 0 aromatic heterocycles. The van der Waals surface area contributed by atoms with Crippen molar-refractivity contribution in [1.29, 1.82) is 5.26 Å². The predicted molar refractivity (Wildman–Crippen MR) is 77.7 cm³/mol. The van der Waals surface area contributed by atoms with Crippen LogP contribution in [0.1, 0.15) is 24.8 Å². The maximum absolute atomic E-state index is 12.9. The first-order chi connectivity index (χ1) is 10.4. The fraction of sp³-hybridized carbons (Fsp3) is 0.429. The number of rotatable bonds is 3. The molecule has 2 aliphatic heterocycles. The van der Waals surface area contributed by atoms with Crippen molar-refractivity contribution in [3.8, 4) is 6.07 Å². The van der Waals surface area contributed by atoms with E-state index in [1.165, 1.54) is 22.5 Å². The molecule has 0 radical (unpaired) electrons. The second-order valence-corrected chi connectivity index (χ2v) is 7.81. The van der Waals surface area contributed by atoms with Gasteiger partial charge in [-0.3, -0.25) is 4.79 Å². The van der Waals surface area contributed by atoms with Crippen molar-refractivity contribution in [2.75, 3.05) is 0 Å². The number of fused-ring (bicyclic) bond motifs is 2. The third-order valence-corrected chi connectivity index (χ3v) is 6.68. The predicted octanol–water partition coefficient (Wildman–Crippen LogP) is 1.84. The highest BCUT2D eigenvalue weighted by Gasteiger charge is 2.54. The van der Waals surface area contributed by atoms with Gasteiger partial charge in [-0.25, -0.2) is 8.42 Å². The molecule has 1 aromatic carbocycles. The number of halogens is 1. The third kappa shape index (κ3) is 2.19. The van der Waals surface area contributed by atoms with E-state index in [1.54, 1.807) is 0 Å². The van der Waals surface area contributed by atoms with Crippen LogP contribution in [-0.4, -0.2) is 35.9 Å². The van der Waals surface area contributed by atoms with Crippen LogP contribution >= 0.6 is 11.6 Å². The smallest absolute Gasteiger partial charge is 0.308 e. The van der Waals surface area contributed by atoms with Crippen LogP contribution in [0.15, 0.2) is 23.1 Å². The molecule has 3 rings (SSSR count). The first-order valence-corrected chi connectivity index (χ1v) is 8.64. The minimum Gasteiger partial charge on any atom is -0.481 e. The van der Waals surface area contributed by atoms with Crippen molar-refractivity contribution < 1.29 is 18.3 Å². The number of nitriles is 1. The van der Waals surface area contributed by atoms with Gasteiger partial charge in [0.05, 0.1) is 11.5 Å². The number of hydrogen-bond donors (Lipinski definition) is 1. The molecule has 0 spiro atoms. The third-order valence-electron chi connectivity index (χ3n) is 4.41. The molecule has 3 atom stereocenters. The summed E-state index contributed by atoms with van der Waals surface area (Å²) >= 11 is 5.80. The summed E-state index contributed by atoms with van der Waals surface area (Å²) in [6.45, 7) is 0. The van der Waals surface area contributed by atoms with Crippen molar-refractivity contribution >= 4 is 27.6 Å². The van der Waals surface area contributed by atoms with Gasteiger partial charge in [-0.2, -0.15) is 9.57 Å². The Morgan fingerprint density at radius 3 is 2.73 bits per heavy atom. The molecule has 0 aliphatic carbocycles. The molecule has 2 bridgehead atoms. The molecule has 6 nitrogen and oxygen atoms in total. The number of carboxylic acids is 1. The van der Waals surface area contributed by atoms with E-state index >= 15 is 0 Å². The highest BCUT2D eigenvalue weighted by molar-refractivity contribution is 7.89. The summed E-state index contributed by atoms with van der Waals surface area (Å²) in [5.41, 5.74) is -0.0225. The number of carbonyl (C=O) groups is 1. The van der Waals surface area contributed by atoms with E-state index in [0.717, 1.165) is 0 Å². The second kappa shape index (κ2) is 5.23. The van der Waals surface area contributed by atoms with Crippen molar-refractivity contribution in [2.24, 2.45) is 5.92 Å². The Labute approximate surface area is 133 Å². The zero-order valence-electron chi connectivity index (χ0n) is 11.4. The van der Waals surface area contributed by atoms with Gasteiger partial charge >= 0.3 is 5.97 Å². The summed E-state index contributed by atoms with van der Waals surface area (Å²) in [4.78, 5) is 11.2. The van der Waals surface area contributed by atoms with E-state index in [-0.39, 0.29) is 21.5 Å². The van der Waals surface area contributed by atoms with Crippen molar-refractivity contribution in [2.45, 2.75) is 36.2 Å². The van der Waals surface area contributed by atoms with Gasteiger partial charge in [0.2, 0.25) is 10.0 Å². The number of benzene rings is 1. The molecule has 116 valence electrons. The number of hydrogen-bond acceptors (Lipinski definition) is 4. The summed E-state index contributed by atoms with van der Waals surface area (Å²) in [7, 11) is -3.91. The van der Waals surface area contributed by atoms with Crippen molar-refractivity contribution in [3.63, 3.8) is 0 Å². The van der Waals surface area contributed by atoms with Crippen LogP contribution in [0, 0.1) is 17.2 Å². The fourth-order valence-corrected chi connectivity index (χ4v) is 5.72. The summed E-state index contributed by atoms with van der Waals surface area (Å²) in [6.07, 6.45) is 1.52. The molecule has 1 aromatic rings. The number of nitrogens with zero attached hydrogens (tertiary/aromatic N) is 2. The average molecular weight is 341 g/mol. The Bertz CT molecular complexity index is 787. The summed E-state index contributed by atoms with van der Waals surface area (Å²) in [5, 5.41) is 18.7. The van der Waals surface area contributed by atoms with E-state index in [9.17, 15) is 18.3 Å². The van der Waals surface area contributed by atoms with Crippen molar-refractivity contribution in [3.05, 3.63) is 28.8 Å². The van der Waals surface area contributed by atoms with Crippen LogP contribution < -0.4 is 0 Å². The van der Waals surface area contributed by atoms with Gasteiger partial charge in [0.25, 0.3) is 0 Å². The van der Waals surface area contributed by atoms with Crippen LogP contribution in [0.25, 0.3) is 0 Å². The van der Waals surface area contributed by atoms with Gasteiger partial charge < -0.3 is 5.11 Å². The molecule has 2 saturated heterocycles. The van der Waals surface area contributed by atoms with E-state index in [4.69, 9.17) is 16.9 Å². The summed E-state index contributed by atoms with van der Waals surface area (Å²) in [6, 6.07) is 5.04. The fourth-order valence-electron chi connectivity index (χ4n) is 3.51. The van der Waals surface area contributed by atoms with Gasteiger partial charge in [0.1, 0.15) is 11.0 Å². The lowest BCUT2D eigenvalue weighted by molar-refractivity contribution is -0.142. The molecule has 22 heavy (non-hydrogen) atoms. The minimum absolute atomic E-state index is 0.0225. The maximum Gasteiger partial charge on any atom is 0.308 e.